The molecule has 0 atom stereocenters. The van der Waals surface area contributed by atoms with Crippen LogP contribution in [-0.2, 0) is 16.9 Å². The molecule has 112 valence electrons. The van der Waals surface area contributed by atoms with Gasteiger partial charge in [-0.3, -0.25) is 0 Å². The maximum Gasteiger partial charge on any atom is 0.250 e. The van der Waals surface area contributed by atoms with Gasteiger partial charge in [0.2, 0.25) is 21.8 Å². The normalized spacial score (nSPS) is 13.9. The number of nitrogens with zero attached hydrogens (tertiary/aromatic N) is 3. The number of nitriles is 1. The molecule has 1 aliphatic heterocycles. The summed E-state index contributed by atoms with van der Waals surface area (Å²) in [6.45, 7) is 0.124. The molecule has 2 aromatic rings. The molecule has 7 nitrogen and oxygen atoms in total. The van der Waals surface area contributed by atoms with Crippen LogP contribution in [0.5, 0.6) is 11.5 Å². The molecule has 1 aromatic carbocycles. The van der Waals surface area contributed by atoms with Crippen molar-refractivity contribution < 1.29 is 17.9 Å². The second kappa shape index (κ2) is 5.20. The van der Waals surface area contributed by atoms with E-state index in [1.165, 1.54) is 23.0 Å². The number of aromatic nitrogens is 2. The van der Waals surface area contributed by atoms with E-state index in [4.69, 9.17) is 9.47 Å². The summed E-state index contributed by atoms with van der Waals surface area (Å²) < 4.78 is 36.7. The van der Waals surface area contributed by atoms with Gasteiger partial charge >= 0.3 is 0 Å². The molecule has 0 unspecified atom stereocenters. The molecule has 0 saturated carbocycles. The zero-order valence-corrected chi connectivity index (χ0v) is 12.4. The molecule has 1 aromatic heterocycles. The summed E-state index contributed by atoms with van der Waals surface area (Å²) in [5.41, 5.74) is 0.526. The Hall–Kier alpha value is -2.79. The number of imidazole rings is 1. The van der Waals surface area contributed by atoms with E-state index < -0.39 is 9.84 Å². The Bertz CT molecular complexity index is 906. The highest BCUT2D eigenvalue weighted by Gasteiger charge is 2.25. The van der Waals surface area contributed by atoms with Gasteiger partial charge in [0.25, 0.3) is 0 Å². The third-order valence-electron chi connectivity index (χ3n) is 3.11. The monoisotopic (exact) mass is 317 g/mol. The second-order valence-corrected chi connectivity index (χ2v) is 6.37. The summed E-state index contributed by atoms with van der Waals surface area (Å²) in [7, 11) is -2.42. The minimum Gasteiger partial charge on any atom is -0.454 e. The van der Waals surface area contributed by atoms with E-state index in [0.29, 0.717) is 17.1 Å². The van der Waals surface area contributed by atoms with Crippen LogP contribution in [0.25, 0.3) is 6.08 Å². The van der Waals surface area contributed by atoms with E-state index >= 15 is 0 Å². The van der Waals surface area contributed by atoms with Gasteiger partial charge in [0.15, 0.2) is 16.4 Å². The molecule has 0 N–H and O–H groups in total. The Morgan fingerprint density at radius 3 is 2.86 bits per heavy atom. The fourth-order valence-corrected chi connectivity index (χ4v) is 3.28. The van der Waals surface area contributed by atoms with E-state index in [1.807, 2.05) is 0 Å². The van der Waals surface area contributed by atoms with E-state index in [9.17, 15) is 13.7 Å². The molecule has 8 heteroatoms. The lowest BCUT2D eigenvalue weighted by molar-refractivity contribution is 0.174. The SMILES string of the molecule is Cn1ccnc1S(=O)(=O)/C(C#N)=C/c1ccc2c(c1)OCO2. The summed E-state index contributed by atoms with van der Waals surface area (Å²) in [6, 6.07) is 6.66. The van der Waals surface area contributed by atoms with Gasteiger partial charge in [0.05, 0.1) is 0 Å². The van der Waals surface area contributed by atoms with Crippen molar-refractivity contribution >= 4 is 15.9 Å². The van der Waals surface area contributed by atoms with Gasteiger partial charge in [-0.05, 0) is 23.8 Å². The van der Waals surface area contributed by atoms with E-state index in [1.54, 1.807) is 31.3 Å². The number of hydrogen-bond acceptors (Lipinski definition) is 6. The van der Waals surface area contributed by atoms with Crippen molar-refractivity contribution in [3.05, 3.63) is 41.1 Å². The number of allylic oxidation sites excluding steroid dienone is 1. The third kappa shape index (κ3) is 2.31. The quantitative estimate of drug-likeness (QED) is 0.796. The molecule has 0 aliphatic carbocycles. The molecule has 0 spiro atoms. The van der Waals surface area contributed by atoms with Crippen molar-refractivity contribution in [1.29, 1.82) is 5.26 Å². The molecule has 2 heterocycles. The largest absolute Gasteiger partial charge is 0.454 e. The molecule has 0 fully saturated rings. The van der Waals surface area contributed by atoms with Crippen molar-refractivity contribution in [2.24, 2.45) is 7.05 Å². The third-order valence-corrected chi connectivity index (χ3v) is 4.77. The van der Waals surface area contributed by atoms with E-state index in [2.05, 4.69) is 4.98 Å². The van der Waals surface area contributed by atoms with Crippen LogP contribution < -0.4 is 9.47 Å². The van der Waals surface area contributed by atoms with Crippen LogP contribution in [0, 0.1) is 11.3 Å². The number of ether oxygens (including phenoxy) is 2. The minimum atomic E-state index is -3.97. The van der Waals surface area contributed by atoms with Gasteiger partial charge in [0, 0.05) is 19.4 Å². The zero-order valence-electron chi connectivity index (χ0n) is 11.6. The van der Waals surface area contributed by atoms with Crippen LogP contribution in [0.15, 0.2) is 40.7 Å². The molecule has 3 rings (SSSR count). The van der Waals surface area contributed by atoms with Crippen molar-refractivity contribution in [2.45, 2.75) is 5.16 Å². The summed E-state index contributed by atoms with van der Waals surface area (Å²) in [6.07, 6.45) is 4.15. The van der Waals surface area contributed by atoms with Gasteiger partial charge in [-0.25, -0.2) is 13.4 Å². The first-order chi connectivity index (χ1) is 10.5. The average molecular weight is 317 g/mol. The van der Waals surface area contributed by atoms with Crippen molar-refractivity contribution in [1.82, 2.24) is 9.55 Å². The van der Waals surface area contributed by atoms with Gasteiger partial charge in [-0.2, -0.15) is 5.26 Å². The number of sulfone groups is 1. The van der Waals surface area contributed by atoms with Gasteiger partial charge in [-0.15, -0.1) is 0 Å². The van der Waals surface area contributed by atoms with Crippen LogP contribution in [0.3, 0.4) is 0 Å². The Labute approximate surface area is 127 Å². The van der Waals surface area contributed by atoms with Crippen LogP contribution >= 0.6 is 0 Å². The topological polar surface area (TPSA) is 94.2 Å². The standard InChI is InChI=1S/C14H11N3O4S/c1-17-5-4-16-14(17)22(18,19)11(8-15)6-10-2-3-12-13(7-10)21-9-20-12/h2-7H,9H2,1H3/b11-6+. The molecule has 0 amide bonds. The van der Waals surface area contributed by atoms with E-state index in [-0.39, 0.29) is 16.9 Å². The van der Waals surface area contributed by atoms with E-state index in [0.717, 1.165) is 0 Å². The Kier molecular flexibility index (Phi) is 3.35. The lowest BCUT2D eigenvalue weighted by Crippen LogP contribution is -2.09. The highest BCUT2D eigenvalue weighted by atomic mass is 32.2. The highest BCUT2D eigenvalue weighted by molar-refractivity contribution is 7.95. The lowest BCUT2D eigenvalue weighted by atomic mass is 10.2. The number of benzene rings is 1. The molecular formula is C14H11N3O4S. The smallest absolute Gasteiger partial charge is 0.250 e. The van der Waals surface area contributed by atoms with Gasteiger partial charge < -0.3 is 14.0 Å². The Balaban J connectivity index is 2.05. The van der Waals surface area contributed by atoms with Gasteiger partial charge in [0.1, 0.15) is 6.07 Å². The second-order valence-electron chi connectivity index (χ2n) is 4.56. The maximum atomic E-state index is 12.5. The Morgan fingerprint density at radius 1 is 1.41 bits per heavy atom. The van der Waals surface area contributed by atoms with Crippen LogP contribution in [0.1, 0.15) is 5.56 Å². The predicted octanol–water partition coefficient (Wildman–Crippen LogP) is 1.49. The Morgan fingerprint density at radius 2 is 2.18 bits per heavy atom. The first-order valence-electron chi connectivity index (χ1n) is 6.26. The predicted molar refractivity (Wildman–Crippen MR) is 76.5 cm³/mol. The average Bonchev–Trinajstić information content (AvgIpc) is 3.12. The van der Waals surface area contributed by atoms with Crippen molar-refractivity contribution in [3.63, 3.8) is 0 Å². The summed E-state index contributed by atoms with van der Waals surface area (Å²) in [4.78, 5) is 3.41. The molecule has 0 bridgehead atoms. The maximum absolute atomic E-state index is 12.5. The van der Waals surface area contributed by atoms with Crippen molar-refractivity contribution in [2.75, 3.05) is 6.79 Å². The molecule has 0 radical (unpaired) electrons. The number of aryl methyl sites for hydroxylation is 1. The lowest BCUT2D eigenvalue weighted by Gasteiger charge is -2.03. The van der Waals surface area contributed by atoms with Crippen LogP contribution in [-0.4, -0.2) is 24.8 Å². The first-order valence-corrected chi connectivity index (χ1v) is 7.74. The summed E-state index contributed by atoms with van der Waals surface area (Å²) in [5.74, 6) is 1.10. The molecular weight excluding hydrogens is 306 g/mol. The summed E-state index contributed by atoms with van der Waals surface area (Å²) >= 11 is 0. The fraction of sp³-hybridized carbons (Fsp3) is 0.143. The summed E-state index contributed by atoms with van der Waals surface area (Å²) in [5, 5.41) is 9.04. The van der Waals surface area contributed by atoms with Gasteiger partial charge in [-0.1, -0.05) is 6.07 Å². The minimum absolute atomic E-state index is 0.124. The molecule has 1 aliphatic rings. The number of hydrogen-bond donors (Lipinski definition) is 0. The number of fused-ring (bicyclic) bond motifs is 1. The van der Waals surface area contributed by atoms with Crippen LogP contribution in [0.2, 0.25) is 0 Å². The zero-order chi connectivity index (χ0) is 15.7. The van der Waals surface area contributed by atoms with Crippen molar-refractivity contribution in [3.8, 4) is 17.6 Å². The first kappa shape index (κ1) is 14.2. The highest BCUT2D eigenvalue weighted by Crippen LogP contribution is 2.33. The fourth-order valence-electron chi connectivity index (χ4n) is 2.03. The van der Waals surface area contributed by atoms with Crippen LogP contribution in [0.4, 0.5) is 0 Å². The number of rotatable bonds is 3. The molecule has 0 saturated heterocycles. The molecule has 22 heavy (non-hydrogen) atoms.